The highest BCUT2D eigenvalue weighted by Gasteiger charge is 2.13. The van der Waals surface area contributed by atoms with Crippen molar-refractivity contribution in [2.45, 2.75) is 6.61 Å². The lowest BCUT2D eigenvalue weighted by Gasteiger charge is -2.08. The Hall–Kier alpha value is -2.58. The average Bonchev–Trinajstić information content (AvgIpc) is 2.45. The van der Waals surface area contributed by atoms with E-state index >= 15 is 0 Å². The van der Waals surface area contributed by atoms with Crippen LogP contribution in [0.25, 0.3) is 0 Å². The fraction of sp³-hybridized carbons (Fsp3) is 0.0714. The average molecular weight is 289 g/mol. The molecule has 0 N–H and O–H groups in total. The van der Waals surface area contributed by atoms with Crippen molar-refractivity contribution in [1.82, 2.24) is 0 Å². The van der Waals surface area contributed by atoms with Gasteiger partial charge in [0.05, 0.1) is 16.1 Å². The number of benzene rings is 2. The van der Waals surface area contributed by atoms with Gasteiger partial charge in [-0.3, -0.25) is 10.1 Å². The molecule has 0 aliphatic rings. The highest BCUT2D eigenvalue weighted by Crippen LogP contribution is 2.25. The van der Waals surface area contributed by atoms with E-state index in [-0.39, 0.29) is 12.3 Å². The lowest BCUT2D eigenvalue weighted by atomic mass is 10.2. The Kier molecular flexibility index (Phi) is 4.18. The molecule has 0 spiro atoms. The number of nitrogens with zero attached hydrogens (tertiary/aromatic N) is 2. The molecule has 2 aromatic rings. The summed E-state index contributed by atoms with van der Waals surface area (Å²) >= 11 is 5.84. The molecule has 0 aromatic heterocycles. The zero-order chi connectivity index (χ0) is 14.5. The molecular weight excluding hydrogens is 280 g/mol. The third-order valence-electron chi connectivity index (χ3n) is 2.64. The van der Waals surface area contributed by atoms with Gasteiger partial charge < -0.3 is 4.74 Å². The first-order valence-electron chi connectivity index (χ1n) is 5.66. The third-order valence-corrected chi connectivity index (χ3v) is 2.87. The Morgan fingerprint density at radius 3 is 2.75 bits per heavy atom. The number of nitriles is 1. The molecule has 0 atom stereocenters. The molecule has 0 radical (unpaired) electrons. The summed E-state index contributed by atoms with van der Waals surface area (Å²) in [4.78, 5) is 10.4. The van der Waals surface area contributed by atoms with Crippen molar-refractivity contribution >= 4 is 17.3 Å². The minimum absolute atomic E-state index is 0.00776. The zero-order valence-electron chi connectivity index (χ0n) is 10.2. The van der Waals surface area contributed by atoms with E-state index in [1.54, 1.807) is 24.3 Å². The lowest BCUT2D eigenvalue weighted by Crippen LogP contribution is -2.01. The summed E-state index contributed by atoms with van der Waals surface area (Å²) in [5.74, 6) is 0.304. The van der Waals surface area contributed by atoms with E-state index in [1.807, 2.05) is 6.07 Å². The Morgan fingerprint density at radius 2 is 2.05 bits per heavy atom. The summed E-state index contributed by atoms with van der Waals surface area (Å²) in [5.41, 5.74) is 0.738. The maximum atomic E-state index is 10.9. The summed E-state index contributed by atoms with van der Waals surface area (Å²) in [6, 6.07) is 12.9. The van der Waals surface area contributed by atoms with Crippen LogP contribution in [0.5, 0.6) is 5.75 Å². The summed E-state index contributed by atoms with van der Waals surface area (Å²) in [7, 11) is 0. The first-order valence-corrected chi connectivity index (χ1v) is 6.04. The first-order chi connectivity index (χ1) is 9.61. The van der Waals surface area contributed by atoms with Crippen LogP contribution in [0.1, 0.15) is 11.1 Å². The zero-order valence-corrected chi connectivity index (χ0v) is 11.0. The second kappa shape index (κ2) is 6.04. The van der Waals surface area contributed by atoms with Gasteiger partial charge in [0.1, 0.15) is 18.4 Å². The summed E-state index contributed by atoms with van der Waals surface area (Å²) in [5, 5.41) is 20.3. The molecule has 2 rings (SSSR count). The predicted molar refractivity (Wildman–Crippen MR) is 73.6 cm³/mol. The smallest absolute Gasteiger partial charge is 0.276 e. The van der Waals surface area contributed by atoms with Crippen LogP contribution in [0, 0.1) is 21.4 Å². The van der Waals surface area contributed by atoms with Gasteiger partial charge in [-0.1, -0.05) is 23.7 Å². The molecule has 0 unspecified atom stereocenters. The van der Waals surface area contributed by atoms with Crippen LogP contribution in [0.3, 0.4) is 0 Å². The Labute approximate surface area is 120 Å². The summed E-state index contributed by atoms with van der Waals surface area (Å²) < 4.78 is 5.47. The van der Waals surface area contributed by atoms with Crippen molar-refractivity contribution in [2.24, 2.45) is 0 Å². The van der Waals surface area contributed by atoms with Gasteiger partial charge >= 0.3 is 0 Å². The van der Waals surface area contributed by atoms with E-state index < -0.39 is 4.92 Å². The molecular formula is C14H9ClN2O3. The minimum atomic E-state index is -0.470. The van der Waals surface area contributed by atoms with Gasteiger partial charge in [0.2, 0.25) is 0 Å². The van der Waals surface area contributed by atoms with Crippen LogP contribution in [-0.4, -0.2) is 4.92 Å². The molecule has 0 fully saturated rings. The van der Waals surface area contributed by atoms with E-state index in [1.165, 1.54) is 18.2 Å². The van der Waals surface area contributed by atoms with E-state index in [0.717, 1.165) is 0 Å². The minimum Gasteiger partial charge on any atom is -0.487 e. The van der Waals surface area contributed by atoms with Crippen LogP contribution in [0.15, 0.2) is 42.5 Å². The van der Waals surface area contributed by atoms with E-state index in [4.69, 9.17) is 21.6 Å². The number of rotatable bonds is 4. The first kappa shape index (κ1) is 13.8. The molecule has 2 aromatic carbocycles. The molecule has 0 bridgehead atoms. The van der Waals surface area contributed by atoms with Crippen molar-refractivity contribution in [3.05, 3.63) is 68.7 Å². The number of nitro groups is 1. The number of hydrogen-bond donors (Lipinski definition) is 0. The fourth-order valence-corrected chi connectivity index (χ4v) is 1.84. The highest BCUT2D eigenvalue weighted by atomic mass is 35.5. The van der Waals surface area contributed by atoms with Crippen molar-refractivity contribution in [1.29, 1.82) is 5.26 Å². The number of nitro benzene ring substituents is 1. The SMILES string of the molecule is N#Cc1ccc(Cl)cc1OCc1ccccc1[N+](=O)[O-]. The van der Waals surface area contributed by atoms with Crippen LogP contribution < -0.4 is 4.74 Å². The largest absolute Gasteiger partial charge is 0.487 e. The van der Waals surface area contributed by atoms with Crippen LogP contribution in [0.4, 0.5) is 5.69 Å². The molecule has 0 heterocycles. The molecule has 0 amide bonds. The number of ether oxygens (including phenoxy) is 1. The fourth-order valence-electron chi connectivity index (χ4n) is 1.67. The third kappa shape index (κ3) is 3.05. The van der Waals surface area contributed by atoms with Gasteiger partial charge in [0, 0.05) is 17.2 Å². The van der Waals surface area contributed by atoms with Gasteiger partial charge in [-0.2, -0.15) is 5.26 Å². The Balaban J connectivity index is 2.24. The normalized spacial score (nSPS) is 9.80. The molecule has 100 valence electrons. The summed E-state index contributed by atoms with van der Waals surface area (Å²) in [6.45, 7) is -0.00776. The van der Waals surface area contributed by atoms with Crippen LogP contribution in [0.2, 0.25) is 5.02 Å². The van der Waals surface area contributed by atoms with E-state index in [9.17, 15) is 10.1 Å². The topological polar surface area (TPSA) is 76.2 Å². The molecule has 0 aliphatic carbocycles. The second-order valence-electron chi connectivity index (χ2n) is 3.93. The monoisotopic (exact) mass is 288 g/mol. The summed E-state index contributed by atoms with van der Waals surface area (Å²) in [6.07, 6.45) is 0. The lowest BCUT2D eigenvalue weighted by molar-refractivity contribution is -0.385. The van der Waals surface area contributed by atoms with Gasteiger partial charge in [-0.05, 0) is 18.2 Å². The molecule has 20 heavy (non-hydrogen) atoms. The molecule has 0 aliphatic heterocycles. The quantitative estimate of drug-likeness (QED) is 0.635. The van der Waals surface area contributed by atoms with Crippen molar-refractivity contribution in [3.63, 3.8) is 0 Å². The Morgan fingerprint density at radius 1 is 1.30 bits per heavy atom. The maximum absolute atomic E-state index is 10.9. The molecule has 5 nitrogen and oxygen atoms in total. The standard InChI is InChI=1S/C14H9ClN2O3/c15-12-6-5-10(8-16)14(7-12)20-9-11-3-1-2-4-13(11)17(18)19/h1-7H,9H2. The second-order valence-corrected chi connectivity index (χ2v) is 4.36. The van der Waals surface area contributed by atoms with Crippen LogP contribution >= 0.6 is 11.6 Å². The highest BCUT2D eigenvalue weighted by molar-refractivity contribution is 6.30. The Bertz CT molecular complexity index is 695. The number of para-hydroxylation sites is 1. The van der Waals surface area contributed by atoms with E-state index in [2.05, 4.69) is 0 Å². The van der Waals surface area contributed by atoms with Gasteiger partial charge in [-0.25, -0.2) is 0 Å². The number of halogens is 1. The molecule has 0 saturated heterocycles. The number of hydrogen-bond acceptors (Lipinski definition) is 4. The molecule has 0 saturated carbocycles. The predicted octanol–water partition coefficient (Wildman–Crippen LogP) is 3.70. The molecule has 6 heteroatoms. The van der Waals surface area contributed by atoms with E-state index in [0.29, 0.717) is 21.9 Å². The van der Waals surface area contributed by atoms with Gasteiger partial charge in [0.25, 0.3) is 5.69 Å². The van der Waals surface area contributed by atoms with Gasteiger partial charge in [0.15, 0.2) is 0 Å². The van der Waals surface area contributed by atoms with Crippen molar-refractivity contribution in [3.8, 4) is 11.8 Å². The maximum Gasteiger partial charge on any atom is 0.276 e. The van der Waals surface area contributed by atoms with Crippen LogP contribution in [-0.2, 0) is 6.61 Å². The van der Waals surface area contributed by atoms with Gasteiger partial charge in [-0.15, -0.1) is 0 Å². The van der Waals surface area contributed by atoms with Crippen molar-refractivity contribution in [2.75, 3.05) is 0 Å². The van der Waals surface area contributed by atoms with Crippen molar-refractivity contribution < 1.29 is 9.66 Å².